The Morgan fingerprint density at radius 2 is 2.35 bits per heavy atom. The van der Waals surface area contributed by atoms with E-state index in [1.54, 1.807) is 6.92 Å². The highest BCUT2D eigenvalue weighted by Crippen LogP contribution is 2.18. The van der Waals surface area contributed by atoms with Gasteiger partial charge in [0.1, 0.15) is 5.01 Å². The molecule has 1 saturated heterocycles. The van der Waals surface area contributed by atoms with Gasteiger partial charge in [-0.2, -0.15) is 0 Å². The van der Waals surface area contributed by atoms with Crippen molar-refractivity contribution < 1.29 is 19.5 Å². The minimum absolute atomic E-state index is 0.00443. The number of nitrogens with one attached hydrogen (secondary N) is 1. The fraction of sp³-hybridized carbons (Fsp3) is 0.500. The van der Waals surface area contributed by atoms with E-state index in [1.807, 2.05) is 0 Å². The summed E-state index contributed by atoms with van der Waals surface area (Å²) in [5.74, 6) is -1.36. The maximum atomic E-state index is 11.8. The lowest BCUT2D eigenvalue weighted by Crippen LogP contribution is -2.38. The summed E-state index contributed by atoms with van der Waals surface area (Å²) >= 11 is 1.18. The first-order valence-electron chi connectivity index (χ1n) is 6.23. The molecule has 1 aromatic heterocycles. The molecule has 1 aliphatic heterocycles. The van der Waals surface area contributed by atoms with Crippen LogP contribution in [0, 0.1) is 0 Å². The average molecular weight is 297 g/mol. The van der Waals surface area contributed by atoms with E-state index in [4.69, 9.17) is 5.11 Å². The Kier molecular flexibility index (Phi) is 4.33. The summed E-state index contributed by atoms with van der Waals surface area (Å²) in [6, 6.07) is -0.377. The van der Waals surface area contributed by atoms with Crippen molar-refractivity contribution in [3.05, 3.63) is 16.1 Å². The number of carboxylic acid groups (broad SMARTS) is 1. The fourth-order valence-electron chi connectivity index (χ4n) is 1.98. The van der Waals surface area contributed by atoms with Crippen molar-refractivity contribution in [2.75, 3.05) is 13.1 Å². The molecule has 1 fully saturated rings. The van der Waals surface area contributed by atoms with E-state index in [9.17, 15) is 14.4 Å². The van der Waals surface area contributed by atoms with Crippen molar-refractivity contribution in [2.24, 2.45) is 0 Å². The highest BCUT2D eigenvalue weighted by molar-refractivity contribution is 7.09. The molecule has 0 radical (unpaired) electrons. The molecule has 2 rings (SSSR count). The lowest BCUT2D eigenvalue weighted by atomic mass is 10.3. The van der Waals surface area contributed by atoms with Gasteiger partial charge in [-0.3, -0.25) is 9.59 Å². The topological polar surface area (TPSA) is 99.6 Å². The number of thiazole rings is 1. The zero-order valence-electron chi connectivity index (χ0n) is 11.0. The van der Waals surface area contributed by atoms with Gasteiger partial charge >= 0.3 is 5.97 Å². The highest BCUT2D eigenvalue weighted by Gasteiger charge is 2.23. The van der Waals surface area contributed by atoms with Crippen LogP contribution in [-0.4, -0.2) is 45.9 Å². The van der Waals surface area contributed by atoms with Crippen molar-refractivity contribution >= 4 is 29.1 Å². The smallest absolute Gasteiger partial charge is 0.355 e. The summed E-state index contributed by atoms with van der Waals surface area (Å²) in [4.78, 5) is 39.4. The van der Waals surface area contributed by atoms with Gasteiger partial charge in [0.2, 0.25) is 11.8 Å². The second-order valence-corrected chi connectivity index (χ2v) is 5.47. The Labute approximate surface area is 119 Å². The van der Waals surface area contributed by atoms with Crippen LogP contribution < -0.4 is 5.32 Å². The molecule has 1 aromatic rings. The molecule has 8 heteroatoms. The molecule has 108 valence electrons. The molecule has 0 aliphatic carbocycles. The minimum atomic E-state index is -1.09. The van der Waals surface area contributed by atoms with E-state index in [0.717, 1.165) is 6.42 Å². The molecule has 0 spiro atoms. The lowest BCUT2D eigenvalue weighted by Gasteiger charge is -2.17. The number of aromatic nitrogens is 1. The number of nitrogens with zero attached hydrogens (tertiary/aromatic N) is 2. The van der Waals surface area contributed by atoms with Gasteiger partial charge in [-0.25, -0.2) is 9.78 Å². The Bertz CT molecular complexity index is 543. The van der Waals surface area contributed by atoms with Crippen LogP contribution in [0.1, 0.15) is 41.3 Å². The third-order valence-corrected chi connectivity index (χ3v) is 4.02. The van der Waals surface area contributed by atoms with E-state index in [1.165, 1.54) is 21.6 Å². The van der Waals surface area contributed by atoms with Gasteiger partial charge in [-0.15, -0.1) is 11.3 Å². The SMILES string of the molecule is CC(NC(=O)CN1CCCC1=O)c1nc(C(=O)O)cs1. The van der Waals surface area contributed by atoms with Crippen LogP contribution in [0.15, 0.2) is 5.38 Å². The van der Waals surface area contributed by atoms with Gasteiger partial charge in [0.05, 0.1) is 12.6 Å². The number of likely N-dealkylation sites (tertiary alicyclic amines) is 1. The Hall–Kier alpha value is -1.96. The van der Waals surface area contributed by atoms with Crippen LogP contribution in [-0.2, 0) is 9.59 Å². The number of aromatic carboxylic acids is 1. The quantitative estimate of drug-likeness (QED) is 0.831. The summed E-state index contributed by atoms with van der Waals surface area (Å²) in [5.41, 5.74) is -0.0270. The van der Waals surface area contributed by atoms with Gasteiger partial charge in [0.25, 0.3) is 0 Å². The predicted molar refractivity (Wildman–Crippen MR) is 71.4 cm³/mol. The van der Waals surface area contributed by atoms with Crippen LogP contribution in [0.5, 0.6) is 0 Å². The van der Waals surface area contributed by atoms with Crippen LogP contribution in [0.4, 0.5) is 0 Å². The molecule has 0 bridgehead atoms. The summed E-state index contributed by atoms with van der Waals surface area (Å²) in [7, 11) is 0. The van der Waals surface area contributed by atoms with Crippen LogP contribution >= 0.6 is 11.3 Å². The summed E-state index contributed by atoms with van der Waals surface area (Å²) in [6.45, 7) is 2.38. The Morgan fingerprint density at radius 1 is 1.60 bits per heavy atom. The van der Waals surface area contributed by atoms with E-state index >= 15 is 0 Å². The number of hydrogen-bond acceptors (Lipinski definition) is 5. The normalized spacial score (nSPS) is 16.2. The number of carboxylic acids is 1. The third kappa shape index (κ3) is 3.32. The van der Waals surface area contributed by atoms with E-state index in [0.29, 0.717) is 18.0 Å². The van der Waals surface area contributed by atoms with E-state index in [2.05, 4.69) is 10.3 Å². The van der Waals surface area contributed by atoms with Gasteiger partial charge in [0, 0.05) is 18.3 Å². The van der Waals surface area contributed by atoms with Crippen LogP contribution in [0.25, 0.3) is 0 Å². The molecule has 1 aliphatic rings. The zero-order chi connectivity index (χ0) is 14.7. The lowest BCUT2D eigenvalue weighted by molar-refractivity contribution is -0.133. The third-order valence-electron chi connectivity index (χ3n) is 2.99. The van der Waals surface area contributed by atoms with Gasteiger partial charge < -0.3 is 15.3 Å². The number of carbonyl (C=O) groups is 3. The second kappa shape index (κ2) is 6.00. The van der Waals surface area contributed by atoms with Crippen molar-refractivity contribution in [2.45, 2.75) is 25.8 Å². The number of amides is 2. The van der Waals surface area contributed by atoms with Gasteiger partial charge in [-0.1, -0.05) is 0 Å². The van der Waals surface area contributed by atoms with Gasteiger partial charge in [-0.05, 0) is 13.3 Å². The van der Waals surface area contributed by atoms with E-state index < -0.39 is 5.97 Å². The largest absolute Gasteiger partial charge is 0.476 e. The molecule has 1 atom stereocenters. The molecule has 20 heavy (non-hydrogen) atoms. The minimum Gasteiger partial charge on any atom is -0.476 e. The van der Waals surface area contributed by atoms with Crippen molar-refractivity contribution in [3.63, 3.8) is 0 Å². The number of rotatable bonds is 5. The van der Waals surface area contributed by atoms with Gasteiger partial charge in [0.15, 0.2) is 5.69 Å². The first kappa shape index (κ1) is 14.4. The van der Waals surface area contributed by atoms with Crippen molar-refractivity contribution in [3.8, 4) is 0 Å². The van der Waals surface area contributed by atoms with Crippen molar-refractivity contribution in [1.29, 1.82) is 0 Å². The molecule has 2 amide bonds. The summed E-state index contributed by atoms with van der Waals surface area (Å²) in [6.07, 6.45) is 1.29. The molecule has 2 N–H and O–H groups in total. The zero-order valence-corrected chi connectivity index (χ0v) is 11.8. The highest BCUT2D eigenvalue weighted by atomic mass is 32.1. The molecule has 0 saturated carbocycles. The maximum absolute atomic E-state index is 11.8. The average Bonchev–Trinajstić information content (AvgIpc) is 2.99. The molecule has 1 unspecified atom stereocenters. The van der Waals surface area contributed by atoms with E-state index in [-0.39, 0.29) is 30.1 Å². The molecule has 0 aromatic carbocycles. The first-order valence-corrected chi connectivity index (χ1v) is 7.11. The molecule has 2 heterocycles. The van der Waals surface area contributed by atoms with Crippen molar-refractivity contribution in [1.82, 2.24) is 15.2 Å². The Morgan fingerprint density at radius 3 is 2.90 bits per heavy atom. The maximum Gasteiger partial charge on any atom is 0.355 e. The predicted octanol–water partition coefficient (Wildman–Crippen LogP) is 0.641. The molecule has 7 nitrogen and oxygen atoms in total. The fourth-order valence-corrected chi connectivity index (χ4v) is 2.78. The van der Waals surface area contributed by atoms with Crippen LogP contribution in [0.3, 0.4) is 0 Å². The number of carbonyl (C=O) groups excluding carboxylic acids is 2. The molecular formula is C12H15N3O4S. The Balaban J connectivity index is 1.89. The molecular weight excluding hydrogens is 282 g/mol. The van der Waals surface area contributed by atoms with Crippen LogP contribution in [0.2, 0.25) is 0 Å². The standard InChI is InChI=1S/C12H15N3O4S/c1-7(11-14-8(6-20-11)12(18)19)13-9(16)5-15-4-2-3-10(15)17/h6-7H,2-5H2,1H3,(H,13,16)(H,18,19). The monoisotopic (exact) mass is 297 g/mol. The second-order valence-electron chi connectivity index (χ2n) is 4.58. The summed E-state index contributed by atoms with van der Waals surface area (Å²) < 4.78 is 0. The first-order chi connectivity index (χ1) is 9.47. The summed E-state index contributed by atoms with van der Waals surface area (Å²) in [5, 5.41) is 13.5. The number of hydrogen-bond donors (Lipinski definition) is 2.